The van der Waals surface area contributed by atoms with Gasteiger partial charge in [-0.25, -0.2) is 0 Å². The van der Waals surface area contributed by atoms with Crippen molar-refractivity contribution < 1.29 is 14.4 Å². The minimum atomic E-state index is -0.181. The van der Waals surface area contributed by atoms with E-state index in [0.29, 0.717) is 37.9 Å². The summed E-state index contributed by atoms with van der Waals surface area (Å²) in [5.41, 5.74) is 0. The molecule has 0 unspecified atom stereocenters. The summed E-state index contributed by atoms with van der Waals surface area (Å²) in [6.07, 6.45) is 7.00. The molecule has 1 N–H and O–H groups in total. The van der Waals surface area contributed by atoms with Gasteiger partial charge >= 0.3 is 0 Å². The summed E-state index contributed by atoms with van der Waals surface area (Å²) in [6.45, 7) is 5.35. The SMILES string of the molecule is CC(C)C[C@H]1[C@@H](C(=O)NC2CC2)C[C@H]2CN(C(=O)CCn3cnnc3)CC(=O)N21. The number of nitrogens with zero attached hydrogens (tertiary/aromatic N) is 5. The molecule has 9 heteroatoms. The maximum absolute atomic E-state index is 13.0. The first-order chi connectivity index (χ1) is 13.9. The highest BCUT2D eigenvalue weighted by atomic mass is 16.2. The number of amides is 3. The maximum Gasteiger partial charge on any atom is 0.242 e. The number of aromatic nitrogens is 3. The Kier molecular flexibility index (Phi) is 5.56. The normalized spacial score (nSPS) is 26.7. The molecule has 0 bridgehead atoms. The van der Waals surface area contributed by atoms with E-state index in [0.717, 1.165) is 19.3 Å². The van der Waals surface area contributed by atoms with Gasteiger partial charge < -0.3 is 19.7 Å². The highest BCUT2D eigenvalue weighted by molar-refractivity contribution is 5.88. The third-order valence-electron chi connectivity index (χ3n) is 6.16. The standard InChI is InChI=1S/C20H30N6O3/c1-13(2)7-17-16(20(29)23-14-3-4-14)8-15-9-25(10-19(28)26(15)17)18(27)5-6-24-11-21-22-12-24/h11-17H,3-10H2,1-2H3,(H,23,29)/t15-,16-,17-/m0/s1. The molecule has 3 amide bonds. The fourth-order valence-corrected chi connectivity index (χ4v) is 4.63. The Morgan fingerprint density at radius 1 is 1.24 bits per heavy atom. The number of carbonyl (C=O) groups is 3. The molecule has 0 aromatic carbocycles. The number of piperazine rings is 1. The number of aryl methyl sites for hydroxylation is 1. The van der Waals surface area contributed by atoms with Crippen LogP contribution in [-0.2, 0) is 20.9 Å². The second-order valence-electron chi connectivity index (χ2n) is 9.00. The monoisotopic (exact) mass is 402 g/mol. The van der Waals surface area contributed by atoms with Crippen LogP contribution in [0.1, 0.15) is 46.0 Å². The minimum Gasteiger partial charge on any atom is -0.353 e. The van der Waals surface area contributed by atoms with Crippen molar-refractivity contribution >= 4 is 17.7 Å². The predicted molar refractivity (Wildman–Crippen MR) is 104 cm³/mol. The molecule has 1 aliphatic carbocycles. The Labute approximate surface area is 170 Å². The van der Waals surface area contributed by atoms with E-state index in [1.165, 1.54) is 0 Å². The number of rotatable bonds is 7. The number of nitrogens with one attached hydrogen (secondary N) is 1. The Morgan fingerprint density at radius 2 is 1.97 bits per heavy atom. The van der Waals surface area contributed by atoms with Gasteiger partial charge in [0.05, 0.1) is 18.5 Å². The Balaban J connectivity index is 1.42. The zero-order chi connectivity index (χ0) is 20.5. The summed E-state index contributed by atoms with van der Waals surface area (Å²) in [5.74, 6) is 0.209. The zero-order valence-corrected chi connectivity index (χ0v) is 17.2. The van der Waals surface area contributed by atoms with Crippen molar-refractivity contribution in [1.29, 1.82) is 0 Å². The van der Waals surface area contributed by atoms with Crippen LogP contribution in [0.2, 0.25) is 0 Å². The second-order valence-corrected chi connectivity index (χ2v) is 9.00. The molecule has 4 rings (SSSR count). The summed E-state index contributed by atoms with van der Waals surface area (Å²) in [5, 5.41) is 10.6. The topological polar surface area (TPSA) is 100 Å². The van der Waals surface area contributed by atoms with Crippen LogP contribution in [0.4, 0.5) is 0 Å². The second kappa shape index (κ2) is 8.12. The van der Waals surface area contributed by atoms with Crippen LogP contribution in [0.5, 0.6) is 0 Å². The third kappa shape index (κ3) is 4.43. The average Bonchev–Trinajstić information content (AvgIpc) is 3.18. The summed E-state index contributed by atoms with van der Waals surface area (Å²) in [7, 11) is 0. The van der Waals surface area contributed by atoms with E-state index in [1.54, 1.807) is 22.1 Å². The van der Waals surface area contributed by atoms with Gasteiger partial charge in [0, 0.05) is 31.6 Å². The number of hydrogen-bond acceptors (Lipinski definition) is 5. The van der Waals surface area contributed by atoms with Gasteiger partial charge in [0.1, 0.15) is 12.7 Å². The van der Waals surface area contributed by atoms with Gasteiger partial charge in [-0.15, -0.1) is 10.2 Å². The van der Waals surface area contributed by atoms with Crippen molar-refractivity contribution in [3.8, 4) is 0 Å². The van der Waals surface area contributed by atoms with Gasteiger partial charge in [-0.1, -0.05) is 13.8 Å². The molecule has 1 saturated carbocycles. The van der Waals surface area contributed by atoms with E-state index in [4.69, 9.17) is 0 Å². The molecule has 1 aromatic rings. The predicted octanol–water partition coefficient (Wildman–Crippen LogP) is 0.421. The summed E-state index contributed by atoms with van der Waals surface area (Å²) in [4.78, 5) is 42.1. The molecule has 2 saturated heterocycles. The molecule has 9 nitrogen and oxygen atoms in total. The zero-order valence-electron chi connectivity index (χ0n) is 17.2. The van der Waals surface area contributed by atoms with Crippen LogP contribution >= 0.6 is 0 Å². The molecule has 3 aliphatic rings. The molecule has 29 heavy (non-hydrogen) atoms. The van der Waals surface area contributed by atoms with Crippen molar-refractivity contribution in [2.75, 3.05) is 13.1 Å². The largest absolute Gasteiger partial charge is 0.353 e. The molecule has 0 radical (unpaired) electrons. The van der Waals surface area contributed by atoms with Gasteiger partial charge in [0.15, 0.2) is 0 Å². The van der Waals surface area contributed by atoms with Crippen molar-refractivity contribution in [3.05, 3.63) is 12.7 Å². The highest BCUT2D eigenvalue weighted by Gasteiger charge is 2.50. The fraction of sp³-hybridized carbons (Fsp3) is 0.750. The van der Waals surface area contributed by atoms with Gasteiger partial charge in [0.2, 0.25) is 17.7 Å². The fourth-order valence-electron chi connectivity index (χ4n) is 4.63. The number of fused-ring (bicyclic) bond motifs is 1. The van der Waals surface area contributed by atoms with Crippen LogP contribution in [0.3, 0.4) is 0 Å². The molecule has 3 heterocycles. The number of carbonyl (C=O) groups excluding carboxylic acids is 3. The molecular formula is C20H30N6O3. The van der Waals surface area contributed by atoms with Crippen LogP contribution in [0.15, 0.2) is 12.7 Å². The molecule has 0 spiro atoms. The summed E-state index contributed by atoms with van der Waals surface area (Å²) >= 11 is 0. The van der Waals surface area contributed by atoms with Crippen molar-refractivity contribution in [2.24, 2.45) is 11.8 Å². The third-order valence-corrected chi connectivity index (χ3v) is 6.16. The van der Waals surface area contributed by atoms with E-state index >= 15 is 0 Å². The Hall–Kier alpha value is -2.45. The van der Waals surface area contributed by atoms with Crippen LogP contribution in [0.25, 0.3) is 0 Å². The molecular weight excluding hydrogens is 372 g/mol. The van der Waals surface area contributed by atoms with Gasteiger partial charge in [-0.2, -0.15) is 0 Å². The smallest absolute Gasteiger partial charge is 0.242 e. The van der Waals surface area contributed by atoms with Gasteiger partial charge in [0.25, 0.3) is 0 Å². The lowest BCUT2D eigenvalue weighted by molar-refractivity contribution is -0.149. The van der Waals surface area contributed by atoms with Gasteiger partial charge in [-0.3, -0.25) is 14.4 Å². The molecule has 3 fully saturated rings. The Morgan fingerprint density at radius 3 is 2.62 bits per heavy atom. The van der Waals surface area contributed by atoms with Crippen molar-refractivity contribution in [2.45, 2.75) is 70.6 Å². The van der Waals surface area contributed by atoms with Crippen LogP contribution < -0.4 is 5.32 Å². The van der Waals surface area contributed by atoms with E-state index in [1.807, 2.05) is 4.90 Å². The first kappa shape index (κ1) is 19.8. The van der Waals surface area contributed by atoms with Crippen molar-refractivity contribution in [1.82, 2.24) is 29.9 Å². The minimum absolute atomic E-state index is 0.0359. The van der Waals surface area contributed by atoms with E-state index < -0.39 is 0 Å². The summed E-state index contributed by atoms with van der Waals surface area (Å²) < 4.78 is 1.75. The summed E-state index contributed by atoms with van der Waals surface area (Å²) in [6, 6.07) is 0.167. The first-order valence-electron chi connectivity index (χ1n) is 10.6. The lowest BCUT2D eigenvalue weighted by Crippen LogP contribution is -2.58. The van der Waals surface area contributed by atoms with Crippen LogP contribution in [0, 0.1) is 11.8 Å². The van der Waals surface area contributed by atoms with Gasteiger partial charge in [-0.05, 0) is 31.6 Å². The Bertz CT molecular complexity index is 760. The molecule has 1 aromatic heterocycles. The molecule has 2 aliphatic heterocycles. The maximum atomic E-state index is 13.0. The lowest BCUT2D eigenvalue weighted by Gasteiger charge is -2.40. The number of hydrogen-bond donors (Lipinski definition) is 1. The first-order valence-corrected chi connectivity index (χ1v) is 10.6. The van der Waals surface area contributed by atoms with Crippen molar-refractivity contribution in [3.63, 3.8) is 0 Å². The highest BCUT2D eigenvalue weighted by Crippen LogP contribution is 2.37. The quantitative estimate of drug-likeness (QED) is 0.712. The average molecular weight is 402 g/mol. The lowest BCUT2D eigenvalue weighted by atomic mass is 9.91. The van der Waals surface area contributed by atoms with E-state index in [-0.39, 0.29) is 42.3 Å². The van der Waals surface area contributed by atoms with E-state index in [9.17, 15) is 14.4 Å². The van der Waals surface area contributed by atoms with E-state index in [2.05, 4.69) is 29.4 Å². The molecule has 3 atom stereocenters. The van der Waals surface area contributed by atoms with Crippen LogP contribution in [-0.4, -0.2) is 73.5 Å². The molecule has 158 valence electrons.